The van der Waals surface area contributed by atoms with E-state index in [0.29, 0.717) is 30.9 Å². The van der Waals surface area contributed by atoms with Gasteiger partial charge in [-0.2, -0.15) is 5.10 Å². The maximum atomic E-state index is 13.1. The number of hydrogen-bond donors (Lipinski definition) is 0. The van der Waals surface area contributed by atoms with Crippen molar-refractivity contribution in [3.05, 3.63) is 59.5 Å². The minimum Gasteiger partial charge on any atom is -0.497 e. The van der Waals surface area contributed by atoms with Gasteiger partial charge in [0.25, 0.3) is 5.91 Å². The van der Waals surface area contributed by atoms with Crippen molar-refractivity contribution in [2.75, 3.05) is 26.8 Å². The van der Waals surface area contributed by atoms with Crippen molar-refractivity contribution in [2.45, 2.75) is 24.9 Å². The Hall–Kier alpha value is -2.93. The van der Waals surface area contributed by atoms with E-state index in [9.17, 15) is 4.79 Å². The SMILES string of the molecule is COc1ccc2c(c1)CCOC21CCN(C(=O)c2cnn3cccnc23)CC1. The largest absolute Gasteiger partial charge is 0.497 e. The van der Waals surface area contributed by atoms with Gasteiger partial charge < -0.3 is 14.4 Å². The molecule has 1 amide bonds. The van der Waals surface area contributed by atoms with Gasteiger partial charge in [-0.25, -0.2) is 9.50 Å². The summed E-state index contributed by atoms with van der Waals surface area (Å²) >= 11 is 0. The average Bonchev–Trinajstić information content (AvgIpc) is 3.18. The van der Waals surface area contributed by atoms with E-state index in [1.807, 2.05) is 11.0 Å². The summed E-state index contributed by atoms with van der Waals surface area (Å²) in [6.45, 7) is 2.00. The Morgan fingerprint density at radius 2 is 2.14 bits per heavy atom. The summed E-state index contributed by atoms with van der Waals surface area (Å²) in [4.78, 5) is 19.2. The van der Waals surface area contributed by atoms with Crippen LogP contribution in [0.4, 0.5) is 0 Å². The first-order valence-corrected chi connectivity index (χ1v) is 9.59. The smallest absolute Gasteiger partial charge is 0.259 e. The summed E-state index contributed by atoms with van der Waals surface area (Å²) in [5.41, 5.74) is 3.36. The molecule has 0 radical (unpaired) electrons. The van der Waals surface area contributed by atoms with Gasteiger partial charge in [0.05, 0.1) is 25.5 Å². The topological polar surface area (TPSA) is 69.0 Å². The lowest BCUT2D eigenvalue weighted by Gasteiger charge is -2.45. The Balaban J connectivity index is 1.38. The van der Waals surface area contributed by atoms with Gasteiger partial charge in [0, 0.05) is 25.5 Å². The molecule has 1 aromatic carbocycles. The van der Waals surface area contributed by atoms with Gasteiger partial charge >= 0.3 is 0 Å². The van der Waals surface area contributed by atoms with Crippen LogP contribution in [0.1, 0.15) is 34.3 Å². The molecule has 0 unspecified atom stereocenters. The van der Waals surface area contributed by atoms with E-state index in [1.165, 1.54) is 11.1 Å². The fourth-order valence-corrected chi connectivity index (χ4v) is 4.42. The summed E-state index contributed by atoms with van der Waals surface area (Å²) in [6, 6.07) is 8.03. The standard InChI is InChI=1S/C21H22N4O3/c1-27-16-3-4-18-15(13-16)5-12-28-21(18)6-10-24(11-7-21)20(26)17-14-23-25-9-2-8-22-19(17)25/h2-4,8-9,13-14H,5-7,10-12H2,1H3. The summed E-state index contributed by atoms with van der Waals surface area (Å²) in [7, 11) is 1.69. The van der Waals surface area contributed by atoms with Crippen LogP contribution in [0.15, 0.2) is 42.9 Å². The minimum absolute atomic E-state index is 0.0192. The number of methoxy groups -OCH3 is 1. The van der Waals surface area contributed by atoms with Gasteiger partial charge in [0.2, 0.25) is 0 Å². The van der Waals surface area contributed by atoms with Crippen LogP contribution in [0.2, 0.25) is 0 Å². The lowest BCUT2D eigenvalue weighted by Crippen LogP contribution is -2.48. The van der Waals surface area contributed by atoms with Gasteiger partial charge in [-0.05, 0) is 48.6 Å². The molecular weight excluding hydrogens is 356 g/mol. The van der Waals surface area contributed by atoms with Crippen molar-refractivity contribution >= 4 is 11.6 Å². The first-order valence-electron chi connectivity index (χ1n) is 9.59. The Kier molecular flexibility index (Phi) is 4.05. The third-order valence-electron chi connectivity index (χ3n) is 5.92. The van der Waals surface area contributed by atoms with E-state index in [4.69, 9.17) is 9.47 Å². The normalized spacial score (nSPS) is 18.2. The van der Waals surface area contributed by atoms with Crippen molar-refractivity contribution in [3.8, 4) is 5.75 Å². The van der Waals surface area contributed by atoms with Crippen molar-refractivity contribution in [1.29, 1.82) is 0 Å². The molecule has 0 atom stereocenters. The zero-order valence-corrected chi connectivity index (χ0v) is 15.8. The predicted octanol–water partition coefficient (Wildman–Crippen LogP) is 2.44. The Bertz CT molecular complexity index is 1040. The highest BCUT2D eigenvalue weighted by Crippen LogP contribution is 2.42. The van der Waals surface area contributed by atoms with Crippen LogP contribution >= 0.6 is 0 Å². The zero-order valence-electron chi connectivity index (χ0n) is 15.8. The summed E-state index contributed by atoms with van der Waals surface area (Å²) < 4.78 is 13.3. The summed E-state index contributed by atoms with van der Waals surface area (Å²) in [6.07, 6.45) is 7.54. The lowest BCUT2D eigenvalue weighted by molar-refractivity contribution is -0.0935. The second kappa shape index (κ2) is 6.60. The molecule has 4 heterocycles. The van der Waals surface area contributed by atoms with Crippen molar-refractivity contribution in [2.24, 2.45) is 0 Å². The maximum Gasteiger partial charge on any atom is 0.259 e. The van der Waals surface area contributed by atoms with E-state index in [0.717, 1.165) is 25.0 Å². The molecule has 1 spiro atoms. The van der Waals surface area contributed by atoms with Crippen molar-refractivity contribution in [3.63, 3.8) is 0 Å². The van der Waals surface area contributed by atoms with E-state index in [-0.39, 0.29) is 11.5 Å². The van der Waals surface area contributed by atoms with Crippen LogP contribution in [0, 0.1) is 0 Å². The Labute approximate surface area is 162 Å². The van der Waals surface area contributed by atoms with Gasteiger partial charge in [0.15, 0.2) is 5.65 Å². The summed E-state index contributed by atoms with van der Waals surface area (Å²) in [5.74, 6) is 0.860. The molecular formula is C21H22N4O3. The molecule has 0 bridgehead atoms. The number of amides is 1. The van der Waals surface area contributed by atoms with Gasteiger partial charge in [-0.3, -0.25) is 4.79 Å². The number of fused-ring (bicyclic) bond motifs is 3. The first kappa shape index (κ1) is 17.2. The number of nitrogens with zero attached hydrogens (tertiary/aromatic N) is 4. The fraction of sp³-hybridized carbons (Fsp3) is 0.381. The van der Waals surface area contributed by atoms with Gasteiger partial charge in [-0.15, -0.1) is 0 Å². The molecule has 144 valence electrons. The van der Waals surface area contributed by atoms with Crippen LogP contribution in [-0.4, -0.2) is 52.2 Å². The van der Waals surface area contributed by atoms with Gasteiger partial charge in [0.1, 0.15) is 11.3 Å². The van der Waals surface area contributed by atoms with Crippen LogP contribution in [0.25, 0.3) is 5.65 Å². The van der Waals surface area contributed by atoms with E-state index >= 15 is 0 Å². The molecule has 5 rings (SSSR count). The predicted molar refractivity (Wildman–Crippen MR) is 102 cm³/mol. The maximum absolute atomic E-state index is 13.1. The minimum atomic E-state index is -0.310. The highest BCUT2D eigenvalue weighted by molar-refractivity contribution is 5.99. The molecule has 3 aromatic rings. The van der Waals surface area contributed by atoms with Crippen molar-refractivity contribution < 1.29 is 14.3 Å². The van der Waals surface area contributed by atoms with Crippen LogP contribution in [0.3, 0.4) is 0 Å². The number of carbonyl (C=O) groups is 1. The summed E-state index contributed by atoms with van der Waals surface area (Å²) in [5, 5.41) is 4.23. The highest BCUT2D eigenvalue weighted by atomic mass is 16.5. The molecule has 0 N–H and O–H groups in total. The highest BCUT2D eigenvalue weighted by Gasteiger charge is 2.42. The molecule has 7 nitrogen and oxygen atoms in total. The third-order valence-corrected chi connectivity index (χ3v) is 5.92. The molecule has 0 saturated carbocycles. The number of likely N-dealkylation sites (tertiary alicyclic amines) is 1. The third kappa shape index (κ3) is 2.65. The fourth-order valence-electron chi connectivity index (χ4n) is 4.42. The van der Waals surface area contributed by atoms with E-state index in [1.54, 1.807) is 36.3 Å². The second-order valence-electron chi connectivity index (χ2n) is 7.35. The molecule has 1 fully saturated rings. The number of ether oxygens (including phenoxy) is 2. The molecule has 1 saturated heterocycles. The number of hydrogen-bond acceptors (Lipinski definition) is 5. The Morgan fingerprint density at radius 3 is 2.96 bits per heavy atom. The van der Waals surface area contributed by atoms with Crippen LogP contribution < -0.4 is 4.74 Å². The quantitative estimate of drug-likeness (QED) is 0.685. The average molecular weight is 378 g/mol. The second-order valence-corrected chi connectivity index (χ2v) is 7.35. The number of benzene rings is 1. The molecule has 7 heteroatoms. The lowest BCUT2D eigenvalue weighted by atomic mass is 9.79. The van der Waals surface area contributed by atoms with E-state index in [2.05, 4.69) is 22.2 Å². The molecule has 2 aliphatic heterocycles. The Morgan fingerprint density at radius 1 is 1.29 bits per heavy atom. The molecule has 0 aliphatic carbocycles. The zero-order chi connectivity index (χ0) is 19.1. The molecule has 2 aliphatic rings. The number of piperidine rings is 1. The molecule has 28 heavy (non-hydrogen) atoms. The van der Waals surface area contributed by atoms with E-state index < -0.39 is 0 Å². The number of aromatic nitrogens is 3. The van der Waals surface area contributed by atoms with Gasteiger partial charge in [-0.1, -0.05) is 6.07 Å². The first-order chi connectivity index (χ1) is 13.7. The monoisotopic (exact) mass is 378 g/mol. The van der Waals surface area contributed by atoms with Crippen molar-refractivity contribution in [1.82, 2.24) is 19.5 Å². The molecule has 2 aromatic heterocycles. The van der Waals surface area contributed by atoms with Crippen LogP contribution in [-0.2, 0) is 16.8 Å². The number of rotatable bonds is 2. The number of carbonyl (C=O) groups excluding carboxylic acids is 1. The van der Waals surface area contributed by atoms with Crippen LogP contribution in [0.5, 0.6) is 5.75 Å².